The van der Waals surface area contributed by atoms with E-state index >= 15 is 0 Å². The molecule has 0 unspecified atom stereocenters. The van der Waals surface area contributed by atoms with Crippen LogP contribution in [0.1, 0.15) is 52.5 Å². The smallest absolute Gasteiger partial charge is 0.0381 e. The number of hydrogen-bond donors (Lipinski definition) is 1. The van der Waals surface area contributed by atoms with E-state index in [-0.39, 0.29) is 0 Å². The Bertz CT molecular complexity index is 503. The maximum Gasteiger partial charge on any atom is 0.0381 e. The fraction of sp³-hybridized carbons (Fsp3) is 0.364. The maximum absolute atomic E-state index is 3.87. The molecule has 1 N–H and O–H groups in total. The second-order valence-electron chi connectivity index (χ2n) is 5.28. The van der Waals surface area contributed by atoms with Crippen LogP contribution in [0.3, 0.4) is 0 Å². The van der Waals surface area contributed by atoms with Gasteiger partial charge in [0.25, 0.3) is 0 Å². The van der Waals surface area contributed by atoms with Crippen molar-refractivity contribution < 1.29 is 0 Å². The summed E-state index contributed by atoms with van der Waals surface area (Å²) < 4.78 is 0. The van der Waals surface area contributed by atoms with E-state index in [0.29, 0.717) is 0 Å². The van der Waals surface area contributed by atoms with E-state index in [2.05, 4.69) is 54.9 Å². The van der Waals surface area contributed by atoms with Gasteiger partial charge in [-0.1, -0.05) is 63.4 Å². The summed E-state index contributed by atoms with van der Waals surface area (Å²) in [4.78, 5) is 0. The average Bonchev–Trinajstić information content (AvgIpc) is 2.57. The Labute approximate surface area is 143 Å². The van der Waals surface area contributed by atoms with Crippen molar-refractivity contribution in [2.75, 3.05) is 5.32 Å². The molecule has 0 spiro atoms. The van der Waals surface area contributed by atoms with E-state index in [0.717, 1.165) is 24.2 Å². The number of hydrogen-bond acceptors (Lipinski definition) is 1. The molecule has 0 aliphatic rings. The first-order valence-corrected chi connectivity index (χ1v) is 8.61. The molecule has 1 aromatic rings. The molecule has 0 fully saturated rings. The quantitative estimate of drug-likeness (QED) is 0.380. The minimum Gasteiger partial charge on any atom is -0.360 e. The Hall–Kier alpha value is -2.02. The van der Waals surface area contributed by atoms with Crippen molar-refractivity contribution in [1.29, 1.82) is 0 Å². The number of anilines is 1. The zero-order valence-corrected chi connectivity index (χ0v) is 15.4. The normalized spacial score (nSPS) is 10.9. The van der Waals surface area contributed by atoms with Gasteiger partial charge in [0.1, 0.15) is 0 Å². The van der Waals surface area contributed by atoms with Gasteiger partial charge in [-0.15, -0.1) is 0 Å². The van der Waals surface area contributed by atoms with Gasteiger partial charge in [-0.3, -0.25) is 0 Å². The van der Waals surface area contributed by atoms with E-state index in [4.69, 9.17) is 0 Å². The van der Waals surface area contributed by atoms with Crippen molar-refractivity contribution in [2.24, 2.45) is 0 Å². The van der Waals surface area contributed by atoms with Crippen LogP contribution >= 0.6 is 0 Å². The second kappa shape index (κ2) is 13.6. The third-order valence-electron chi connectivity index (χ3n) is 3.26. The zero-order valence-electron chi connectivity index (χ0n) is 15.4. The first-order valence-electron chi connectivity index (χ1n) is 8.61. The number of aryl methyl sites for hydroxylation is 1. The van der Waals surface area contributed by atoms with Crippen molar-refractivity contribution in [3.63, 3.8) is 0 Å². The van der Waals surface area contributed by atoms with E-state index in [1.54, 1.807) is 0 Å². The number of benzene rings is 1. The highest BCUT2D eigenvalue weighted by Gasteiger charge is 1.97. The molecule has 0 aromatic heterocycles. The molecule has 0 aliphatic heterocycles. The highest BCUT2D eigenvalue weighted by molar-refractivity contribution is 5.48. The fourth-order valence-electron chi connectivity index (χ4n) is 2.13. The lowest BCUT2D eigenvalue weighted by Gasteiger charge is -2.07. The van der Waals surface area contributed by atoms with Crippen LogP contribution in [0, 0.1) is 0 Å². The first-order chi connectivity index (χ1) is 11.2. The van der Waals surface area contributed by atoms with Crippen molar-refractivity contribution in [3.8, 4) is 0 Å². The molecule has 1 heteroatoms. The van der Waals surface area contributed by atoms with Crippen LogP contribution in [0.2, 0.25) is 0 Å². The van der Waals surface area contributed by atoms with Crippen LogP contribution in [0.4, 0.5) is 5.69 Å². The molecular weight excluding hydrogens is 278 g/mol. The Kier molecular flexibility index (Phi) is 12.4. The Morgan fingerprint density at radius 1 is 1.13 bits per heavy atom. The molecule has 0 heterocycles. The van der Waals surface area contributed by atoms with Gasteiger partial charge in [0.15, 0.2) is 0 Å². The standard InChI is InChI=1S/C20H27N.C2H6/c1-5-7-10-18(6-2)11-8-9-12-19-13-15-20(16-14-19)21-17(3)4;1-2/h5-7,10,13-16,21H,2-3,8-9,11-12H2,1,4H3;1-2H3/b7-5-,18-10+;. The molecule has 1 rings (SSSR count). The highest BCUT2D eigenvalue weighted by atomic mass is 14.9. The minimum atomic E-state index is 0.965. The lowest BCUT2D eigenvalue weighted by molar-refractivity contribution is 0.736. The monoisotopic (exact) mass is 311 g/mol. The van der Waals surface area contributed by atoms with Gasteiger partial charge in [0.05, 0.1) is 0 Å². The van der Waals surface area contributed by atoms with Gasteiger partial charge >= 0.3 is 0 Å². The van der Waals surface area contributed by atoms with Crippen LogP contribution in [-0.4, -0.2) is 0 Å². The Morgan fingerprint density at radius 2 is 1.78 bits per heavy atom. The molecule has 126 valence electrons. The molecule has 0 aliphatic carbocycles. The number of allylic oxidation sites excluding steroid dienone is 6. The molecule has 0 atom stereocenters. The van der Waals surface area contributed by atoms with Crippen molar-refractivity contribution >= 4 is 5.69 Å². The predicted octanol–water partition coefficient (Wildman–Crippen LogP) is 7.06. The third kappa shape index (κ3) is 10.4. The molecule has 0 bridgehead atoms. The van der Waals surface area contributed by atoms with Gasteiger partial charge in [-0.05, 0) is 62.8 Å². The Balaban J connectivity index is 0.00000232. The fourth-order valence-corrected chi connectivity index (χ4v) is 2.13. The average molecular weight is 312 g/mol. The molecule has 0 saturated heterocycles. The van der Waals surface area contributed by atoms with E-state index < -0.39 is 0 Å². The lowest BCUT2D eigenvalue weighted by atomic mass is 10.0. The minimum absolute atomic E-state index is 0.965. The summed E-state index contributed by atoms with van der Waals surface area (Å²) in [5, 5.41) is 3.22. The van der Waals surface area contributed by atoms with Crippen LogP contribution in [0.15, 0.2) is 73.0 Å². The molecule has 0 amide bonds. The van der Waals surface area contributed by atoms with Gasteiger partial charge < -0.3 is 5.32 Å². The van der Waals surface area contributed by atoms with Crippen LogP contribution in [0.5, 0.6) is 0 Å². The summed E-state index contributed by atoms with van der Waals surface area (Å²) in [5.41, 5.74) is 4.77. The Morgan fingerprint density at radius 3 is 2.30 bits per heavy atom. The lowest BCUT2D eigenvalue weighted by Crippen LogP contribution is -1.94. The van der Waals surface area contributed by atoms with Crippen LogP contribution in [-0.2, 0) is 6.42 Å². The topological polar surface area (TPSA) is 12.0 Å². The largest absolute Gasteiger partial charge is 0.360 e. The summed E-state index contributed by atoms with van der Waals surface area (Å²) >= 11 is 0. The van der Waals surface area contributed by atoms with E-state index in [9.17, 15) is 0 Å². The van der Waals surface area contributed by atoms with Crippen molar-refractivity contribution in [1.82, 2.24) is 0 Å². The third-order valence-corrected chi connectivity index (χ3v) is 3.26. The van der Waals surface area contributed by atoms with Gasteiger partial charge in [0, 0.05) is 11.4 Å². The summed E-state index contributed by atoms with van der Waals surface area (Å²) in [5.74, 6) is 0. The maximum atomic E-state index is 3.87. The molecule has 23 heavy (non-hydrogen) atoms. The molecule has 1 nitrogen and oxygen atoms in total. The summed E-state index contributed by atoms with van der Waals surface area (Å²) in [6.45, 7) is 15.7. The SMILES string of the molecule is C=C/C(=C\C=C/C)CCCCc1ccc(NC(=C)C)cc1.CC. The van der Waals surface area contributed by atoms with Gasteiger partial charge in [-0.25, -0.2) is 0 Å². The zero-order chi connectivity index (χ0) is 17.5. The highest BCUT2D eigenvalue weighted by Crippen LogP contribution is 2.15. The predicted molar refractivity (Wildman–Crippen MR) is 107 cm³/mol. The van der Waals surface area contributed by atoms with E-state index in [1.807, 2.05) is 39.8 Å². The summed E-state index contributed by atoms with van der Waals surface area (Å²) in [6.07, 6.45) is 12.8. The number of nitrogens with one attached hydrogen (secondary N) is 1. The van der Waals surface area contributed by atoms with Gasteiger partial charge in [-0.2, -0.15) is 0 Å². The number of rotatable bonds is 9. The first kappa shape index (κ1) is 21.0. The van der Waals surface area contributed by atoms with Gasteiger partial charge in [0.2, 0.25) is 0 Å². The van der Waals surface area contributed by atoms with E-state index in [1.165, 1.54) is 24.0 Å². The van der Waals surface area contributed by atoms with Crippen molar-refractivity contribution in [3.05, 3.63) is 78.6 Å². The molecule has 0 saturated carbocycles. The van der Waals surface area contributed by atoms with Crippen LogP contribution < -0.4 is 5.32 Å². The number of unbranched alkanes of at least 4 members (excludes halogenated alkanes) is 1. The summed E-state index contributed by atoms with van der Waals surface area (Å²) in [7, 11) is 0. The van der Waals surface area contributed by atoms with Crippen molar-refractivity contribution in [2.45, 2.75) is 53.4 Å². The molecular formula is C22H33N. The summed E-state index contributed by atoms with van der Waals surface area (Å²) in [6, 6.07) is 8.61. The van der Waals surface area contributed by atoms with Crippen LogP contribution in [0.25, 0.3) is 0 Å². The molecule has 0 radical (unpaired) electrons. The second-order valence-corrected chi connectivity index (χ2v) is 5.28. The molecule has 1 aromatic carbocycles.